The summed E-state index contributed by atoms with van der Waals surface area (Å²) in [5, 5.41) is 15.2. The first-order valence-corrected chi connectivity index (χ1v) is 19.0. The molecule has 14 heteroatoms. The molecule has 0 radical (unpaired) electrons. The van der Waals surface area contributed by atoms with E-state index in [0.29, 0.717) is 24.6 Å². The maximum Gasteiger partial charge on any atom is 0.407 e. The van der Waals surface area contributed by atoms with Crippen LogP contribution in [-0.4, -0.2) is 88.5 Å². The van der Waals surface area contributed by atoms with Gasteiger partial charge in [-0.15, -0.1) is 0 Å². The number of amides is 6. The summed E-state index contributed by atoms with van der Waals surface area (Å²) in [5.74, 6) is -0.647. The lowest BCUT2D eigenvalue weighted by Crippen LogP contribution is -2.54. The standard InChI is InChI=1S/C41H50N8O6/c1-4-28(22-44-47-40(53)43-21-26-17-19-27(20-18-26)38(51)42-2)45-37(50)24-49-36-16-10-9-15-35(36)48(3)23-34(39(49)52)46-41(54)55-25-33-31-13-7-5-11-29(31)30-12-6-8-14-32(30)33/h5-16,22,26-28,33-34H,4,17-21,23-25H2,1-3H3,(H,42,51)(H,45,50)(H,46,54)(H2,43,47,53)/b44-22+/t26?,27?,28-,34-/m0/s1. The van der Waals surface area contributed by atoms with Gasteiger partial charge in [-0.1, -0.05) is 67.6 Å². The van der Waals surface area contributed by atoms with Crippen LogP contribution >= 0.6 is 0 Å². The fraction of sp³-hybridized carbons (Fsp3) is 0.415. The zero-order valence-corrected chi connectivity index (χ0v) is 31.5. The van der Waals surface area contributed by atoms with E-state index in [1.54, 1.807) is 19.2 Å². The summed E-state index contributed by atoms with van der Waals surface area (Å²) in [6.07, 6.45) is 4.51. The summed E-state index contributed by atoms with van der Waals surface area (Å²) in [6, 6.07) is 21.4. The molecular weight excluding hydrogens is 701 g/mol. The van der Waals surface area contributed by atoms with Gasteiger partial charge in [-0.2, -0.15) is 5.10 Å². The molecule has 55 heavy (non-hydrogen) atoms. The van der Waals surface area contributed by atoms with Crippen LogP contribution in [0.25, 0.3) is 11.1 Å². The summed E-state index contributed by atoms with van der Waals surface area (Å²) in [4.78, 5) is 68.4. The van der Waals surface area contributed by atoms with E-state index in [0.717, 1.165) is 53.6 Å². The maximum atomic E-state index is 14.1. The molecule has 6 rings (SSSR count). The summed E-state index contributed by atoms with van der Waals surface area (Å²) < 4.78 is 5.76. The van der Waals surface area contributed by atoms with Gasteiger partial charge in [-0.25, -0.2) is 15.0 Å². The number of hydrogen-bond donors (Lipinski definition) is 5. The summed E-state index contributed by atoms with van der Waals surface area (Å²) in [5.41, 5.74) is 8.10. The fourth-order valence-corrected chi connectivity index (χ4v) is 7.76. The van der Waals surface area contributed by atoms with E-state index < -0.39 is 36.0 Å². The summed E-state index contributed by atoms with van der Waals surface area (Å²) >= 11 is 0. The molecule has 1 aliphatic heterocycles. The monoisotopic (exact) mass is 750 g/mol. The molecule has 14 nitrogen and oxygen atoms in total. The molecule has 5 N–H and O–H groups in total. The van der Waals surface area contributed by atoms with Crippen LogP contribution in [0.15, 0.2) is 77.9 Å². The molecule has 1 saturated carbocycles. The number of carbonyl (C=O) groups excluding carboxylic acids is 5. The number of para-hydroxylation sites is 2. The molecular formula is C41H50N8O6. The van der Waals surface area contributed by atoms with E-state index in [4.69, 9.17) is 4.74 Å². The van der Waals surface area contributed by atoms with Crippen molar-refractivity contribution >= 4 is 47.4 Å². The minimum absolute atomic E-state index is 0.0294. The normalized spacial score (nSPS) is 19.7. The molecule has 1 heterocycles. The Labute approximate surface area is 321 Å². The first-order chi connectivity index (χ1) is 26.7. The van der Waals surface area contributed by atoms with Crippen molar-refractivity contribution in [2.45, 2.75) is 57.0 Å². The van der Waals surface area contributed by atoms with Crippen molar-refractivity contribution in [3.63, 3.8) is 0 Å². The van der Waals surface area contributed by atoms with Crippen LogP contribution in [-0.2, 0) is 19.1 Å². The van der Waals surface area contributed by atoms with Gasteiger partial charge in [0.25, 0.3) is 5.91 Å². The van der Waals surface area contributed by atoms with E-state index in [1.165, 1.54) is 11.1 Å². The zero-order valence-electron chi connectivity index (χ0n) is 31.5. The third kappa shape index (κ3) is 9.25. The maximum absolute atomic E-state index is 14.1. The third-order valence-electron chi connectivity index (χ3n) is 10.8. The van der Waals surface area contributed by atoms with E-state index in [1.807, 2.05) is 67.4 Å². The molecule has 0 bridgehead atoms. The number of anilines is 2. The molecule has 3 aromatic carbocycles. The van der Waals surface area contributed by atoms with Crippen molar-refractivity contribution in [2.24, 2.45) is 16.9 Å². The van der Waals surface area contributed by atoms with Gasteiger partial charge in [-0.05, 0) is 72.4 Å². The Morgan fingerprint density at radius 2 is 1.55 bits per heavy atom. The molecule has 2 aliphatic carbocycles. The SMILES string of the molecule is CC[C@@H](/C=N/NC(=O)NCC1CCC(C(=O)NC)CC1)NC(=O)CN1C(=O)[C@@H](NC(=O)OCC2c3ccccc3-c3ccccc32)CN(C)c2ccccc21. The van der Waals surface area contributed by atoms with E-state index in [-0.39, 0.29) is 37.4 Å². The lowest BCUT2D eigenvalue weighted by molar-refractivity contribution is -0.125. The van der Waals surface area contributed by atoms with Crippen LogP contribution < -0.4 is 36.5 Å². The second kappa shape index (κ2) is 17.9. The van der Waals surface area contributed by atoms with Crippen LogP contribution in [0.1, 0.15) is 56.1 Å². The zero-order chi connectivity index (χ0) is 38.9. The van der Waals surface area contributed by atoms with E-state index >= 15 is 0 Å². The number of rotatable bonds is 12. The van der Waals surface area contributed by atoms with Crippen LogP contribution in [0.5, 0.6) is 0 Å². The molecule has 0 unspecified atom stereocenters. The molecule has 2 atom stereocenters. The van der Waals surface area contributed by atoms with Gasteiger partial charge >= 0.3 is 12.1 Å². The number of hydrogen-bond acceptors (Lipinski definition) is 8. The number of fused-ring (bicyclic) bond motifs is 4. The topological polar surface area (TPSA) is 174 Å². The first kappa shape index (κ1) is 38.8. The minimum atomic E-state index is -1.00. The highest BCUT2D eigenvalue weighted by Crippen LogP contribution is 2.44. The number of ether oxygens (including phenoxy) is 1. The Hall–Kier alpha value is -5.92. The minimum Gasteiger partial charge on any atom is -0.449 e. The van der Waals surface area contributed by atoms with Crippen molar-refractivity contribution < 1.29 is 28.7 Å². The summed E-state index contributed by atoms with van der Waals surface area (Å²) in [7, 11) is 3.47. The molecule has 0 aromatic heterocycles. The van der Waals surface area contributed by atoms with Crippen LogP contribution in [0.3, 0.4) is 0 Å². The van der Waals surface area contributed by atoms with Crippen molar-refractivity contribution in [1.29, 1.82) is 0 Å². The van der Waals surface area contributed by atoms with E-state index in [9.17, 15) is 24.0 Å². The fourth-order valence-electron chi connectivity index (χ4n) is 7.76. The quantitative estimate of drug-likeness (QED) is 0.137. The number of carbonyl (C=O) groups is 5. The number of alkyl carbamates (subject to hydrolysis) is 1. The number of likely N-dealkylation sites (N-methyl/N-ethyl adjacent to an activating group) is 1. The molecule has 0 spiro atoms. The smallest absolute Gasteiger partial charge is 0.407 e. The molecule has 1 fully saturated rings. The molecule has 6 amide bonds. The number of nitrogens with one attached hydrogen (secondary N) is 5. The van der Waals surface area contributed by atoms with Crippen LogP contribution in [0.2, 0.25) is 0 Å². The van der Waals surface area contributed by atoms with Crippen molar-refractivity contribution in [3.8, 4) is 11.1 Å². The lowest BCUT2D eigenvalue weighted by atomic mass is 9.81. The van der Waals surface area contributed by atoms with Gasteiger partial charge in [0.2, 0.25) is 11.8 Å². The third-order valence-corrected chi connectivity index (χ3v) is 10.8. The predicted octanol–water partition coefficient (Wildman–Crippen LogP) is 4.11. The van der Waals surface area contributed by atoms with Gasteiger partial charge in [-0.3, -0.25) is 19.3 Å². The Balaban J connectivity index is 1.03. The van der Waals surface area contributed by atoms with Gasteiger partial charge in [0.15, 0.2) is 0 Å². The first-order valence-electron chi connectivity index (χ1n) is 19.0. The number of hydrazone groups is 1. The number of benzene rings is 3. The predicted molar refractivity (Wildman–Crippen MR) is 211 cm³/mol. The summed E-state index contributed by atoms with van der Waals surface area (Å²) in [6.45, 7) is 2.29. The highest BCUT2D eigenvalue weighted by Gasteiger charge is 2.36. The Kier molecular flexibility index (Phi) is 12.7. The lowest BCUT2D eigenvalue weighted by Gasteiger charge is -2.27. The van der Waals surface area contributed by atoms with Gasteiger partial charge in [0.05, 0.1) is 17.4 Å². The Morgan fingerprint density at radius 1 is 0.909 bits per heavy atom. The van der Waals surface area contributed by atoms with Crippen molar-refractivity contribution in [3.05, 3.63) is 83.9 Å². The highest BCUT2D eigenvalue weighted by molar-refractivity contribution is 6.06. The molecule has 3 aliphatic rings. The van der Waals surface area contributed by atoms with Crippen LogP contribution in [0, 0.1) is 11.8 Å². The van der Waals surface area contributed by atoms with Gasteiger partial charge in [0, 0.05) is 45.2 Å². The van der Waals surface area contributed by atoms with Crippen molar-refractivity contribution in [2.75, 3.05) is 50.1 Å². The van der Waals surface area contributed by atoms with Gasteiger partial charge in [0.1, 0.15) is 19.2 Å². The number of urea groups is 1. The average molecular weight is 751 g/mol. The second-order valence-electron chi connectivity index (χ2n) is 14.3. The molecule has 290 valence electrons. The Bertz CT molecular complexity index is 1870. The highest BCUT2D eigenvalue weighted by atomic mass is 16.5. The van der Waals surface area contributed by atoms with Gasteiger partial charge < -0.3 is 30.9 Å². The van der Waals surface area contributed by atoms with Crippen LogP contribution in [0.4, 0.5) is 21.0 Å². The Morgan fingerprint density at radius 3 is 2.20 bits per heavy atom. The molecule has 0 saturated heterocycles. The van der Waals surface area contributed by atoms with Crippen molar-refractivity contribution in [1.82, 2.24) is 26.7 Å². The average Bonchev–Trinajstić information content (AvgIpc) is 3.49. The number of nitrogens with zero attached hydrogens (tertiary/aromatic N) is 3. The second-order valence-corrected chi connectivity index (χ2v) is 14.3. The largest absolute Gasteiger partial charge is 0.449 e. The molecule has 3 aromatic rings. The van der Waals surface area contributed by atoms with E-state index in [2.05, 4.69) is 43.9 Å².